The van der Waals surface area contributed by atoms with Crippen molar-refractivity contribution in [3.63, 3.8) is 0 Å². The van der Waals surface area contributed by atoms with Crippen LogP contribution < -0.4 is 16.2 Å². The Labute approximate surface area is 120 Å². The molecule has 0 unspecified atom stereocenters. The Kier molecular flexibility index (Phi) is 3.99. The van der Waals surface area contributed by atoms with Gasteiger partial charge in [0, 0.05) is 22.4 Å². The summed E-state index contributed by atoms with van der Waals surface area (Å²) in [4.78, 5) is 34.0. The zero-order valence-corrected chi connectivity index (χ0v) is 10.8. The number of amides is 2. The van der Waals surface area contributed by atoms with Gasteiger partial charge in [0.25, 0.3) is 5.91 Å². The van der Waals surface area contributed by atoms with E-state index < -0.39 is 17.8 Å². The van der Waals surface area contributed by atoms with E-state index in [2.05, 4.69) is 5.32 Å². The van der Waals surface area contributed by atoms with E-state index in [1.54, 1.807) is 6.07 Å². The number of carboxylic acid groups (broad SMARTS) is 1. The summed E-state index contributed by atoms with van der Waals surface area (Å²) in [5.41, 5.74) is 5.64. The van der Waals surface area contributed by atoms with Gasteiger partial charge in [0.1, 0.15) is 0 Å². The van der Waals surface area contributed by atoms with Gasteiger partial charge in [0.2, 0.25) is 5.91 Å². The van der Waals surface area contributed by atoms with Gasteiger partial charge in [-0.3, -0.25) is 9.59 Å². The topological polar surface area (TPSA) is 112 Å². The summed E-state index contributed by atoms with van der Waals surface area (Å²) in [5, 5.41) is 13.5. The van der Waals surface area contributed by atoms with Crippen LogP contribution >= 0.6 is 0 Å². The molecule has 0 radical (unpaired) electrons. The Bertz CT molecular complexity index is 708. The van der Waals surface area contributed by atoms with Crippen LogP contribution in [0.5, 0.6) is 0 Å². The van der Waals surface area contributed by atoms with E-state index in [1.165, 1.54) is 42.5 Å². The lowest BCUT2D eigenvalue weighted by molar-refractivity contribution is -0.255. The van der Waals surface area contributed by atoms with Gasteiger partial charge in [-0.2, -0.15) is 0 Å². The maximum Gasteiger partial charge on any atom is 0.256 e. The minimum Gasteiger partial charge on any atom is -0.545 e. The van der Waals surface area contributed by atoms with E-state index in [-0.39, 0.29) is 11.1 Å². The van der Waals surface area contributed by atoms with Crippen molar-refractivity contribution in [3.8, 4) is 0 Å². The lowest BCUT2D eigenvalue weighted by Crippen LogP contribution is -2.26. The highest BCUT2D eigenvalue weighted by molar-refractivity contribution is 6.10. The van der Waals surface area contributed by atoms with Crippen molar-refractivity contribution < 1.29 is 19.5 Å². The van der Waals surface area contributed by atoms with Gasteiger partial charge in [-0.25, -0.2) is 0 Å². The van der Waals surface area contributed by atoms with Crippen LogP contribution in [0.25, 0.3) is 0 Å². The standard InChI is InChI=1S/C15H12N2O4/c16-13(18)9-5-7-10(8-6-9)17-14(19)11-3-1-2-4-12(11)15(20)21/h1-8H,(H2,16,18)(H,17,19)(H,20,21)/p-1. The number of primary amides is 1. The van der Waals surface area contributed by atoms with Gasteiger partial charge in [-0.15, -0.1) is 0 Å². The molecule has 0 heterocycles. The molecule has 0 aliphatic heterocycles. The van der Waals surface area contributed by atoms with Gasteiger partial charge >= 0.3 is 0 Å². The summed E-state index contributed by atoms with van der Waals surface area (Å²) in [6.07, 6.45) is 0. The maximum absolute atomic E-state index is 12.1. The molecule has 106 valence electrons. The molecule has 0 aliphatic carbocycles. The third-order valence-electron chi connectivity index (χ3n) is 2.82. The summed E-state index contributed by atoms with van der Waals surface area (Å²) in [6, 6.07) is 11.7. The lowest BCUT2D eigenvalue weighted by Gasteiger charge is -2.10. The molecule has 2 aromatic rings. The van der Waals surface area contributed by atoms with Crippen molar-refractivity contribution in [1.82, 2.24) is 0 Å². The molecule has 0 saturated heterocycles. The molecule has 0 fully saturated rings. The summed E-state index contributed by atoms with van der Waals surface area (Å²) in [5.74, 6) is -2.58. The first-order valence-corrected chi connectivity index (χ1v) is 6.00. The van der Waals surface area contributed by atoms with Crippen LogP contribution in [0.2, 0.25) is 0 Å². The van der Waals surface area contributed by atoms with Crippen molar-refractivity contribution in [1.29, 1.82) is 0 Å². The van der Waals surface area contributed by atoms with E-state index in [9.17, 15) is 19.5 Å². The van der Waals surface area contributed by atoms with Crippen LogP contribution in [0.4, 0.5) is 5.69 Å². The van der Waals surface area contributed by atoms with Crippen LogP contribution in [0.1, 0.15) is 31.1 Å². The highest BCUT2D eigenvalue weighted by Gasteiger charge is 2.11. The molecule has 0 saturated carbocycles. The van der Waals surface area contributed by atoms with Crippen molar-refractivity contribution in [2.24, 2.45) is 5.73 Å². The van der Waals surface area contributed by atoms with E-state index in [0.717, 1.165) is 0 Å². The molecule has 0 spiro atoms. The van der Waals surface area contributed by atoms with Gasteiger partial charge in [-0.05, 0) is 30.3 Å². The fourth-order valence-corrected chi connectivity index (χ4v) is 1.78. The number of nitrogens with one attached hydrogen (secondary N) is 1. The number of rotatable bonds is 4. The first-order chi connectivity index (χ1) is 9.99. The van der Waals surface area contributed by atoms with Crippen molar-refractivity contribution in [3.05, 3.63) is 65.2 Å². The summed E-state index contributed by atoms with van der Waals surface area (Å²) < 4.78 is 0. The van der Waals surface area contributed by atoms with Crippen LogP contribution in [0, 0.1) is 0 Å². The lowest BCUT2D eigenvalue weighted by atomic mass is 10.1. The van der Waals surface area contributed by atoms with Crippen molar-refractivity contribution in [2.45, 2.75) is 0 Å². The number of hydrogen-bond acceptors (Lipinski definition) is 4. The average molecular weight is 283 g/mol. The first-order valence-electron chi connectivity index (χ1n) is 6.00. The third kappa shape index (κ3) is 3.24. The second-order valence-electron chi connectivity index (χ2n) is 4.23. The molecule has 3 N–H and O–H groups in total. The van der Waals surface area contributed by atoms with E-state index in [0.29, 0.717) is 11.3 Å². The van der Waals surface area contributed by atoms with Crippen LogP contribution in [-0.4, -0.2) is 17.8 Å². The van der Waals surface area contributed by atoms with Gasteiger partial charge in [-0.1, -0.05) is 18.2 Å². The van der Waals surface area contributed by atoms with E-state index in [4.69, 9.17) is 5.73 Å². The second kappa shape index (κ2) is 5.87. The minimum atomic E-state index is -1.43. The number of benzene rings is 2. The highest BCUT2D eigenvalue weighted by Crippen LogP contribution is 2.13. The molecule has 2 amide bonds. The Hall–Kier alpha value is -3.15. The third-order valence-corrected chi connectivity index (χ3v) is 2.82. The SMILES string of the molecule is NC(=O)c1ccc(NC(=O)c2ccccc2C(=O)[O-])cc1. The first kappa shape index (κ1) is 14.3. The van der Waals surface area contributed by atoms with Crippen molar-refractivity contribution in [2.75, 3.05) is 5.32 Å². The number of hydrogen-bond donors (Lipinski definition) is 2. The summed E-state index contributed by atoms with van der Waals surface area (Å²) >= 11 is 0. The predicted molar refractivity (Wildman–Crippen MR) is 73.7 cm³/mol. The smallest absolute Gasteiger partial charge is 0.256 e. The normalized spacial score (nSPS) is 9.90. The fourth-order valence-electron chi connectivity index (χ4n) is 1.78. The zero-order chi connectivity index (χ0) is 15.4. The molecule has 0 aliphatic rings. The molecular weight excluding hydrogens is 272 g/mol. The monoisotopic (exact) mass is 283 g/mol. The van der Waals surface area contributed by atoms with Crippen molar-refractivity contribution >= 4 is 23.5 Å². The number of carbonyl (C=O) groups excluding carboxylic acids is 3. The highest BCUT2D eigenvalue weighted by atomic mass is 16.4. The molecule has 0 bridgehead atoms. The van der Waals surface area contributed by atoms with Gasteiger partial charge in [0.05, 0.1) is 5.97 Å². The van der Waals surface area contributed by atoms with E-state index >= 15 is 0 Å². The number of carboxylic acids is 1. The predicted octanol–water partition coefficient (Wildman–Crippen LogP) is 0.401. The fraction of sp³-hybridized carbons (Fsp3) is 0. The quantitative estimate of drug-likeness (QED) is 0.845. The number of nitrogens with two attached hydrogens (primary N) is 1. The molecule has 21 heavy (non-hydrogen) atoms. The Balaban J connectivity index is 2.22. The zero-order valence-electron chi connectivity index (χ0n) is 10.8. The molecule has 6 nitrogen and oxygen atoms in total. The number of anilines is 1. The number of carbonyl (C=O) groups is 3. The number of aromatic carboxylic acids is 1. The molecular formula is C15H11N2O4-. The second-order valence-corrected chi connectivity index (χ2v) is 4.23. The Morgan fingerprint density at radius 1 is 0.905 bits per heavy atom. The van der Waals surface area contributed by atoms with Gasteiger partial charge in [0.15, 0.2) is 0 Å². The average Bonchev–Trinajstić information content (AvgIpc) is 2.47. The molecule has 2 aromatic carbocycles. The molecule has 6 heteroatoms. The molecule has 0 atom stereocenters. The minimum absolute atomic E-state index is 0.00326. The Morgan fingerprint density at radius 2 is 1.48 bits per heavy atom. The van der Waals surface area contributed by atoms with Crippen LogP contribution in [0.3, 0.4) is 0 Å². The van der Waals surface area contributed by atoms with Crippen LogP contribution in [0.15, 0.2) is 48.5 Å². The Morgan fingerprint density at radius 3 is 2.00 bits per heavy atom. The molecule has 2 rings (SSSR count). The summed E-state index contributed by atoms with van der Waals surface area (Å²) in [6.45, 7) is 0. The molecule has 0 aromatic heterocycles. The van der Waals surface area contributed by atoms with E-state index in [1.807, 2.05) is 0 Å². The maximum atomic E-state index is 12.1. The van der Waals surface area contributed by atoms with Crippen LogP contribution in [-0.2, 0) is 0 Å². The summed E-state index contributed by atoms with van der Waals surface area (Å²) in [7, 11) is 0. The largest absolute Gasteiger partial charge is 0.545 e. The van der Waals surface area contributed by atoms with Gasteiger partial charge < -0.3 is 21.0 Å².